The van der Waals surface area contributed by atoms with Crippen LogP contribution in [-0.2, 0) is 19.2 Å². The molecule has 3 fully saturated rings. The molecule has 1 saturated carbocycles. The van der Waals surface area contributed by atoms with Crippen LogP contribution < -0.4 is 10.6 Å². The number of nitrogens with zero attached hydrogens (tertiary/aromatic N) is 1. The molecular formula is C32H45N3O5. The number of benzene rings is 1. The topological polar surface area (TPSA) is 113 Å². The molecular weight excluding hydrogens is 506 g/mol. The summed E-state index contributed by atoms with van der Waals surface area (Å²) in [4.78, 5) is 68.0. The third kappa shape index (κ3) is 5.78. The summed E-state index contributed by atoms with van der Waals surface area (Å²) < 4.78 is 0. The van der Waals surface area contributed by atoms with E-state index < -0.39 is 35.0 Å². The van der Waals surface area contributed by atoms with Gasteiger partial charge < -0.3 is 10.6 Å². The van der Waals surface area contributed by atoms with E-state index in [4.69, 9.17) is 0 Å². The van der Waals surface area contributed by atoms with E-state index in [0.29, 0.717) is 11.5 Å². The second-order valence-electron chi connectivity index (χ2n) is 13.5. The maximum atomic E-state index is 13.3. The van der Waals surface area contributed by atoms with E-state index in [2.05, 4.69) is 15.5 Å². The minimum absolute atomic E-state index is 0.000136. The van der Waals surface area contributed by atoms with Crippen LogP contribution in [0, 0.1) is 29.1 Å². The molecule has 1 aromatic rings. The fourth-order valence-electron chi connectivity index (χ4n) is 6.89. The molecule has 0 radical (unpaired) electrons. The van der Waals surface area contributed by atoms with E-state index in [1.54, 1.807) is 31.2 Å². The van der Waals surface area contributed by atoms with Crippen molar-refractivity contribution in [3.63, 3.8) is 0 Å². The van der Waals surface area contributed by atoms with Crippen molar-refractivity contribution in [2.75, 3.05) is 13.1 Å². The second kappa shape index (κ2) is 11.6. The Morgan fingerprint density at radius 3 is 2.23 bits per heavy atom. The summed E-state index contributed by atoms with van der Waals surface area (Å²) in [6.45, 7) is 12.8. The molecule has 1 spiro atoms. The number of carbonyl (C=O) groups is 5. The fourth-order valence-corrected chi connectivity index (χ4v) is 6.89. The molecule has 1 aliphatic carbocycles. The van der Waals surface area contributed by atoms with Crippen LogP contribution in [0.1, 0.15) is 84.0 Å². The Morgan fingerprint density at radius 2 is 1.68 bits per heavy atom. The van der Waals surface area contributed by atoms with Crippen LogP contribution in [-0.4, -0.2) is 64.8 Å². The normalized spacial score (nSPS) is 25.9. The average molecular weight is 552 g/mol. The number of ketones is 3. The number of carbonyl (C=O) groups excluding carboxylic acids is 5. The summed E-state index contributed by atoms with van der Waals surface area (Å²) in [5, 5.41) is 5.79. The maximum absolute atomic E-state index is 13.3. The molecule has 0 bridgehead atoms. The van der Waals surface area contributed by atoms with Crippen molar-refractivity contribution >= 4 is 29.2 Å². The van der Waals surface area contributed by atoms with Gasteiger partial charge in [0.05, 0.1) is 18.0 Å². The standard InChI is InChI=1S/C32H45N3O5/c1-19(2)23(28(38)30(40)34-27-18-35-15-13-22-12-14-32(22,27)35)16-25(36)20(3)33-29(39)24(31(4,5)6)17-26(37)21-10-8-7-9-11-21/h7-11,19-20,22-24,27H,12-18H2,1-6H3,(H,33,39)(H,34,40)/t20-,22?,23-,24+,27+,32?/m0/s1. The minimum Gasteiger partial charge on any atom is -0.346 e. The predicted octanol–water partition coefficient (Wildman–Crippen LogP) is 3.58. The highest BCUT2D eigenvalue weighted by molar-refractivity contribution is 6.37. The summed E-state index contributed by atoms with van der Waals surface area (Å²) in [6.07, 6.45) is 3.30. The van der Waals surface area contributed by atoms with Crippen molar-refractivity contribution in [1.29, 1.82) is 0 Å². The summed E-state index contributed by atoms with van der Waals surface area (Å²) in [7, 11) is 0. The third-order valence-electron chi connectivity index (χ3n) is 9.72. The lowest BCUT2D eigenvalue weighted by Crippen LogP contribution is -2.78. The van der Waals surface area contributed by atoms with Gasteiger partial charge in [-0.05, 0) is 50.0 Å². The summed E-state index contributed by atoms with van der Waals surface area (Å²) in [6, 6.07) is 8.00. The molecule has 2 heterocycles. The SMILES string of the molecule is CC(C)[C@H](CC(=O)[C@H](C)NC(=O)[C@@H](CC(=O)c1ccccc1)C(C)(C)C)C(=O)C(=O)N[C@@H]1CN2CCC3CCC312. The second-order valence-corrected chi connectivity index (χ2v) is 13.5. The van der Waals surface area contributed by atoms with E-state index in [1.807, 2.05) is 40.7 Å². The number of amides is 2. The highest BCUT2D eigenvalue weighted by atomic mass is 16.2. The van der Waals surface area contributed by atoms with Gasteiger partial charge in [-0.2, -0.15) is 0 Å². The van der Waals surface area contributed by atoms with Gasteiger partial charge in [0.15, 0.2) is 11.6 Å². The zero-order valence-corrected chi connectivity index (χ0v) is 24.8. The first-order chi connectivity index (χ1) is 18.8. The number of hydrogen-bond acceptors (Lipinski definition) is 6. The number of Topliss-reactive ketones (excluding diaryl/α,β-unsaturated/α-hetero) is 3. The quantitative estimate of drug-likeness (QED) is 0.303. The summed E-state index contributed by atoms with van der Waals surface area (Å²) in [5.41, 5.74) is 0.0742. The lowest BCUT2D eigenvalue weighted by atomic mass is 9.59. The molecule has 6 atom stereocenters. The molecule has 4 rings (SSSR count). The molecule has 218 valence electrons. The Labute approximate surface area is 238 Å². The highest BCUT2D eigenvalue weighted by Gasteiger charge is 2.66. The summed E-state index contributed by atoms with van der Waals surface area (Å²) >= 11 is 0. The summed E-state index contributed by atoms with van der Waals surface area (Å²) in [5.74, 6) is -3.00. The predicted molar refractivity (Wildman–Crippen MR) is 152 cm³/mol. The Bertz CT molecular complexity index is 1150. The minimum atomic E-state index is -0.852. The van der Waals surface area contributed by atoms with Crippen molar-refractivity contribution in [1.82, 2.24) is 15.5 Å². The van der Waals surface area contributed by atoms with Gasteiger partial charge in [-0.25, -0.2) is 0 Å². The first-order valence-corrected chi connectivity index (χ1v) is 14.8. The van der Waals surface area contributed by atoms with Gasteiger partial charge in [0.1, 0.15) is 0 Å². The van der Waals surface area contributed by atoms with Crippen molar-refractivity contribution in [2.45, 2.75) is 91.3 Å². The smallest absolute Gasteiger partial charge is 0.288 e. The number of rotatable bonds is 12. The van der Waals surface area contributed by atoms with Gasteiger partial charge in [-0.15, -0.1) is 0 Å². The van der Waals surface area contributed by atoms with E-state index in [9.17, 15) is 24.0 Å². The average Bonchev–Trinajstić information content (AvgIpc) is 3.06. The van der Waals surface area contributed by atoms with Gasteiger partial charge >= 0.3 is 0 Å². The van der Waals surface area contributed by atoms with Crippen LogP contribution in [0.15, 0.2) is 30.3 Å². The lowest BCUT2D eigenvalue weighted by molar-refractivity contribution is -0.148. The monoisotopic (exact) mass is 551 g/mol. The molecule has 2 aliphatic heterocycles. The van der Waals surface area contributed by atoms with Crippen LogP contribution in [0.4, 0.5) is 0 Å². The Hall–Kier alpha value is -2.87. The van der Waals surface area contributed by atoms with Crippen LogP contribution in [0.2, 0.25) is 0 Å². The van der Waals surface area contributed by atoms with Crippen molar-refractivity contribution in [3.8, 4) is 0 Å². The Morgan fingerprint density at radius 1 is 1.00 bits per heavy atom. The molecule has 2 unspecified atom stereocenters. The van der Waals surface area contributed by atoms with Crippen molar-refractivity contribution in [2.24, 2.45) is 29.1 Å². The van der Waals surface area contributed by atoms with Crippen LogP contribution in [0.5, 0.6) is 0 Å². The van der Waals surface area contributed by atoms with Crippen molar-refractivity contribution < 1.29 is 24.0 Å². The number of hydrogen-bond donors (Lipinski definition) is 2. The van der Waals surface area contributed by atoms with E-state index in [0.717, 1.165) is 25.9 Å². The molecule has 2 amide bonds. The van der Waals surface area contributed by atoms with Gasteiger partial charge in [0, 0.05) is 36.4 Å². The highest BCUT2D eigenvalue weighted by Crippen LogP contribution is 2.57. The molecule has 0 aromatic heterocycles. The zero-order chi connectivity index (χ0) is 29.4. The number of nitrogens with one attached hydrogen (secondary N) is 2. The molecule has 2 N–H and O–H groups in total. The first-order valence-electron chi connectivity index (χ1n) is 14.8. The van der Waals surface area contributed by atoms with E-state index >= 15 is 0 Å². The van der Waals surface area contributed by atoms with Crippen molar-refractivity contribution in [3.05, 3.63) is 35.9 Å². The molecule has 8 heteroatoms. The van der Waals surface area contributed by atoms with E-state index in [1.165, 1.54) is 6.42 Å². The Kier molecular flexibility index (Phi) is 8.69. The zero-order valence-electron chi connectivity index (χ0n) is 24.8. The van der Waals surface area contributed by atoms with Crippen LogP contribution in [0.3, 0.4) is 0 Å². The van der Waals surface area contributed by atoms with E-state index in [-0.39, 0.29) is 47.8 Å². The van der Waals surface area contributed by atoms with Crippen LogP contribution in [0.25, 0.3) is 0 Å². The first kappa shape index (κ1) is 30.1. The van der Waals surface area contributed by atoms with Gasteiger partial charge in [0.2, 0.25) is 11.7 Å². The Balaban J connectivity index is 1.34. The third-order valence-corrected chi connectivity index (χ3v) is 9.72. The lowest BCUT2D eigenvalue weighted by Gasteiger charge is -2.63. The molecule has 2 saturated heterocycles. The van der Waals surface area contributed by atoms with Gasteiger partial charge in [-0.3, -0.25) is 28.9 Å². The van der Waals surface area contributed by atoms with Crippen LogP contribution >= 0.6 is 0 Å². The molecule has 1 aromatic carbocycles. The molecule has 3 aliphatic rings. The maximum Gasteiger partial charge on any atom is 0.288 e. The molecule has 8 nitrogen and oxygen atoms in total. The molecule has 40 heavy (non-hydrogen) atoms. The largest absolute Gasteiger partial charge is 0.346 e. The fraction of sp³-hybridized carbons (Fsp3) is 0.656. The van der Waals surface area contributed by atoms with Gasteiger partial charge in [-0.1, -0.05) is 65.0 Å². The van der Waals surface area contributed by atoms with Gasteiger partial charge in [0.25, 0.3) is 5.91 Å².